The molecule has 2 N–H and O–H groups in total. The molecule has 1 heterocycles. The molecule has 0 atom stereocenters. The van der Waals surface area contributed by atoms with Crippen LogP contribution in [0.1, 0.15) is 16.8 Å². The fourth-order valence-electron chi connectivity index (χ4n) is 2.85. The van der Waals surface area contributed by atoms with Crippen molar-refractivity contribution >= 4 is 23.3 Å². The second-order valence-corrected chi connectivity index (χ2v) is 7.01. The lowest BCUT2D eigenvalue weighted by molar-refractivity contribution is 0.0374. The molecule has 1 aliphatic heterocycles. The lowest BCUT2D eigenvalue weighted by Crippen LogP contribution is -2.38. The quantitative estimate of drug-likeness (QED) is 0.701. The summed E-state index contributed by atoms with van der Waals surface area (Å²) >= 11 is 0. The Morgan fingerprint density at radius 3 is 2.48 bits per heavy atom. The predicted octanol–water partition coefficient (Wildman–Crippen LogP) is 1.30. The summed E-state index contributed by atoms with van der Waals surface area (Å²) in [6.07, 6.45) is 0.889. The first-order valence-corrected chi connectivity index (χ1v) is 9.26. The second-order valence-electron chi connectivity index (χ2n) is 7.01. The van der Waals surface area contributed by atoms with Gasteiger partial charge in [-0.2, -0.15) is 0 Å². The maximum Gasteiger partial charge on any atom is 0.321 e. The van der Waals surface area contributed by atoms with Gasteiger partial charge >= 0.3 is 6.03 Å². The van der Waals surface area contributed by atoms with Crippen LogP contribution in [-0.4, -0.2) is 89.3 Å². The molecule has 1 aromatic carbocycles. The van der Waals surface area contributed by atoms with Crippen molar-refractivity contribution in [2.75, 3.05) is 77.8 Å². The molecular formula is C19H31N5O3. The van der Waals surface area contributed by atoms with Crippen LogP contribution in [0.25, 0.3) is 0 Å². The fraction of sp³-hybridized carbons (Fsp3) is 0.579. The van der Waals surface area contributed by atoms with Gasteiger partial charge in [0.25, 0.3) is 5.91 Å². The third kappa shape index (κ3) is 6.41. The first-order valence-electron chi connectivity index (χ1n) is 9.26. The van der Waals surface area contributed by atoms with Crippen molar-refractivity contribution in [2.45, 2.75) is 6.42 Å². The zero-order chi connectivity index (χ0) is 19.8. The van der Waals surface area contributed by atoms with Gasteiger partial charge in [0.2, 0.25) is 0 Å². The normalized spacial score (nSPS) is 14.5. The van der Waals surface area contributed by atoms with E-state index in [1.807, 2.05) is 25.1 Å². The molecule has 1 aliphatic rings. The Labute approximate surface area is 161 Å². The van der Waals surface area contributed by atoms with Crippen LogP contribution in [0.5, 0.6) is 0 Å². The lowest BCUT2D eigenvalue weighted by Gasteiger charge is -2.26. The van der Waals surface area contributed by atoms with Crippen LogP contribution in [0.15, 0.2) is 18.2 Å². The van der Waals surface area contributed by atoms with Gasteiger partial charge in [-0.1, -0.05) is 0 Å². The largest absolute Gasteiger partial charge is 0.379 e. The molecule has 0 aromatic heterocycles. The number of morpholine rings is 1. The van der Waals surface area contributed by atoms with Crippen molar-refractivity contribution < 1.29 is 14.3 Å². The molecule has 0 bridgehead atoms. The minimum Gasteiger partial charge on any atom is -0.379 e. The second kappa shape index (κ2) is 10.1. The van der Waals surface area contributed by atoms with E-state index in [2.05, 4.69) is 15.5 Å². The van der Waals surface area contributed by atoms with Gasteiger partial charge in [-0.15, -0.1) is 0 Å². The average molecular weight is 377 g/mol. The molecule has 27 heavy (non-hydrogen) atoms. The summed E-state index contributed by atoms with van der Waals surface area (Å²) < 4.78 is 5.34. The Morgan fingerprint density at radius 2 is 1.85 bits per heavy atom. The molecule has 0 aliphatic carbocycles. The standard InChI is InChI=1S/C19H31N5O3/c1-22(2)17-7-6-15(21-19(26)23(3)4)14-16(17)18(25)20-8-5-9-24-10-12-27-13-11-24/h6-7,14H,5,8-13H2,1-4H3,(H,20,25)(H,21,26). The Kier molecular flexibility index (Phi) is 7.87. The van der Waals surface area contributed by atoms with Crippen LogP contribution < -0.4 is 15.5 Å². The number of hydrogen-bond donors (Lipinski definition) is 2. The van der Waals surface area contributed by atoms with Crippen LogP contribution in [0, 0.1) is 0 Å². The molecule has 1 fully saturated rings. The molecule has 0 unspecified atom stereocenters. The molecule has 1 aromatic rings. The van der Waals surface area contributed by atoms with E-state index < -0.39 is 0 Å². The summed E-state index contributed by atoms with van der Waals surface area (Å²) in [7, 11) is 7.13. The molecule has 8 nitrogen and oxygen atoms in total. The molecule has 150 valence electrons. The van der Waals surface area contributed by atoms with Crippen molar-refractivity contribution in [1.29, 1.82) is 0 Å². The number of nitrogens with zero attached hydrogens (tertiary/aromatic N) is 3. The van der Waals surface area contributed by atoms with Crippen molar-refractivity contribution in [2.24, 2.45) is 0 Å². The van der Waals surface area contributed by atoms with Gasteiger partial charge in [0, 0.05) is 59.2 Å². The minimum atomic E-state index is -0.232. The molecular weight excluding hydrogens is 346 g/mol. The van der Waals surface area contributed by atoms with E-state index in [4.69, 9.17) is 4.74 Å². The molecule has 8 heteroatoms. The Bertz CT molecular complexity index is 642. The number of nitrogens with one attached hydrogen (secondary N) is 2. The summed E-state index contributed by atoms with van der Waals surface area (Å²) in [4.78, 5) is 30.2. The summed E-state index contributed by atoms with van der Waals surface area (Å²) in [5.74, 6) is -0.137. The number of urea groups is 1. The topological polar surface area (TPSA) is 77.2 Å². The summed E-state index contributed by atoms with van der Waals surface area (Å²) in [6, 6.07) is 5.12. The van der Waals surface area contributed by atoms with Crippen molar-refractivity contribution in [3.8, 4) is 0 Å². The van der Waals surface area contributed by atoms with Crippen molar-refractivity contribution in [3.63, 3.8) is 0 Å². The zero-order valence-electron chi connectivity index (χ0n) is 16.7. The van der Waals surface area contributed by atoms with Crippen LogP contribution >= 0.6 is 0 Å². The molecule has 0 radical (unpaired) electrons. The van der Waals surface area contributed by atoms with Gasteiger partial charge in [0.05, 0.1) is 18.8 Å². The predicted molar refractivity (Wildman–Crippen MR) is 108 cm³/mol. The van der Waals surface area contributed by atoms with E-state index in [0.29, 0.717) is 17.8 Å². The first-order chi connectivity index (χ1) is 12.9. The van der Waals surface area contributed by atoms with E-state index >= 15 is 0 Å². The van der Waals surface area contributed by atoms with E-state index in [0.717, 1.165) is 45.0 Å². The number of carbonyl (C=O) groups is 2. The summed E-state index contributed by atoms with van der Waals surface area (Å²) in [6.45, 7) is 5.02. The molecule has 0 saturated carbocycles. The number of amides is 3. The molecule has 1 saturated heterocycles. The van der Waals surface area contributed by atoms with Gasteiger partial charge in [0.1, 0.15) is 0 Å². The number of rotatable bonds is 7. The van der Waals surface area contributed by atoms with Crippen LogP contribution in [0.4, 0.5) is 16.2 Å². The third-order valence-corrected chi connectivity index (χ3v) is 4.42. The highest BCUT2D eigenvalue weighted by Crippen LogP contribution is 2.23. The van der Waals surface area contributed by atoms with E-state index in [1.54, 1.807) is 26.2 Å². The monoisotopic (exact) mass is 377 g/mol. The number of ether oxygens (including phenoxy) is 1. The highest BCUT2D eigenvalue weighted by atomic mass is 16.5. The zero-order valence-corrected chi connectivity index (χ0v) is 16.7. The van der Waals surface area contributed by atoms with Gasteiger partial charge < -0.3 is 25.2 Å². The maximum atomic E-state index is 12.7. The molecule has 2 rings (SSSR count). The molecule has 0 spiro atoms. The summed E-state index contributed by atoms with van der Waals surface area (Å²) in [5.41, 5.74) is 1.95. The van der Waals surface area contributed by atoms with E-state index in [1.165, 1.54) is 4.90 Å². The highest BCUT2D eigenvalue weighted by molar-refractivity contribution is 6.01. The van der Waals surface area contributed by atoms with Gasteiger partial charge in [-0.3, -0.25) is 9.69 Å². The van der Waals surface area contributed by atoms with E-state index in [-0.39, 0.29) is 11.9 Å². The average Bonchev–Trinajstić information content (AvgIpc) is 2.65. The van der Waals surface area contributed by atoms with Gasteiger partial charge in [-0.25, -0.2) is 4.79 Å². The van der Waals surface area contributed by atoms with Gasteiger partial charge in [-0.05, 0) is 31.2 Å². The fourth-order valence-corrected chi connectivity index (χ4v) is 2.85. The maximum absolute atomic E-state index is 12.7. The van der Waals surface area contributed by atoms with Crippen molar-refractivity contribution in [1.82, 2.24) is 15.1 Å². The molecule has 3 amide bonds. The SMILES string of the molecule is CN(C)C(=O)Nc1ccc(N(C)C)c(C(=O)NCCCN2CCOCC2)c1. The van der Waals surface area contributed by atoms with Crippen LogP contribution in [-0.2, 0) is 4.74 Å². The van der Waals surface area contributed by atoms with Crippen LogP contribution in [0.2, 0.25) is 0 Å². The first kappa shape index (κ1) is 21.0. The Morgan fingerprint density at radius 1 is 1.15 bits per heavy atom. The highest BCUT2D eigenvalue weighted by Gasteiger charge is 2.15. The number of anilines is 2. The summed E-state index contributed by atoms with van der Waals surface area (Å²) in [5, 5.41) is 5.77. The van der Waals surface area contributed by atoms with Crippen LogP contribution in [0.3, 0.4) is 0 Å². The smallest absolute Gasteiger partial charge is 0.321 e. The number of benzene rings is 1. The Hall–Kier alpha value is -2.32. The third-order valence-electron chi connectivity index (χ3n) is 4.42. The minimum absolute atomic E-state index is 0.137. The van der Waals surface area contributed by atoms with Crippen molar-refractivity contribution in [3.05, 3.63) is 23.8 Å². The Balaban J connectivity index is 1.96. The lowest BCUT2D eigenvalue weighted by atomic mass is 10.1. The van der Waals surface area contributed by atoms with Gasteiger partial charge in [0.15, 0.2) is 0 Å². The van der Waals surface area contributed by atoms with E-state index in [9.17, 15) is 9.59 Å². The number of carbonyl (C=O) groups excluding carboxylic acids is 2. The number of hydrogen-bond acceptors (Lipinski definition) is 5.